The summed E-state index contributed by atoms with van der Waals surface area (Å²) >= 11 is 0. The molecule has 0 aliphatic rings. The first-order valence-electron chi connectivity index (χ1n) is 4.67. The highest BCUT2D eigenvalue weighted by molar-refractivity contribution is 5.80. The molecule has 15 heavy (non-hydrogen) atoms. The molecule has 0 saturated heterocycles. The molecule has 1 aromatic heterocycles. The van der Waals surface area contributed by atoms with Crippen molar-refractivity contribution in [1.82, 2.24) is 4.98 Å². The molecule has 0 bridgehead atoms. The van der Waals surface area contributed by atoms with E-state index in [-0.39, 0.29) is 0 Å². The van der Waals surface area contributed by atoms with Gasteiger partial charge in [-0.15, -0.1) is 0 Å². The van der Waals surface area contributed by atoms with Crippen LogP contribution in [0.15, 0.2) is 36.5 Å². The van der Waals surface area contributed by atoms with E-state index in [2.05, 4.69) is 4.98 Å². The van der Waals surface area contributed by atoms with Gasteiger partial charge in [0.15, 0.2) is 6.29 Å². The average Bonchev–Trinajstić information content (AvgIpc) is 2.28. The Morgan fingerprint density at radius 3 is 2.93 bits per heavy atom. The molecule has 0 aliphatic carbocycles. The van der Waals surface area contributed by atoms with Crippen molar-refractivity contribution >= 4 is 17.2 Å². The molecule has 76 valence electrons. The molecule has 1 heterocycles. The van der Waals surface area contributed by atoms with Crippen LogP contribution in [-0.4, -0.2) is 16.4 Å². The number of nitrogens with zero attached hydrogens (tertiary/aromatic N) is 1. The van der Waals surface area contributed by atoms with Crippen LogP contribution < -0.4 is 0 Å². The van der Waals surface area contributed by atoms with E-state index >= 15 is 0 Å². The van der Waals surface area contributed by atoms with Gasteiger partial charge >= 0.3 is 0 Å². The maximum absolute atomic E-state index is 10.7. The van der Waals surface area contributed by atoms with Gasteiger partial charge in [-0.25, -0.2) is 0 Å². The lowest BCUT2D eigenvalue weighted by Crippen LogP contribution is -2.22. The van der Waals surface area contributed by atoms with E-state index in [4.69, 9.17) is 0 Å². The Balaban J connectivity index is 2.61. The summed E-state index contributed by atoms with van der Waals surface area (Å²) in [5, 5.41) is 10.7. The first kappa shape index (κ1) is 9.80. The lowest BCUT2D eigenvalue weighted by Gasteiger charge is -2.16. The molecular formula is C12H11NO2. The number of aromatic nitrogens is 1. The fourth-order valence-electron chi connectivity index (χ4n) is 1.46. The minimum atomic E-state index is -1.43. The third-order valence-electron chi connectivity index (χ3n) is 2.42. The lowest BCUT2D eigenvalue weighted by molar-refractivity contribution is -0.123. The number of fused-ring (bicyclic) bond motifs is 1. The minimum absolute atomic E-state index is 0.532. The number of rotatable bonds is 2. The molecule has 0 fully saturated rings. The number of benzene rings is 1. The van der Waals surface area contributed by atoms with E-state index < -0.39 is 5.60 Å². The first-order chi connectivity index (χ1) is 7.13. The Morgan fingerprint density at radius 1 is 1.40 bits per heavy atom. The Hall–Kier alpha value is -1.74. The highest BCUT2D eigenvalue weighted by Crippen LogP contribution is 2.22. The van der Waals surface area contributed by atoms with Gasteiger partial charge in [-0.05, 0) is 30.7 Å². The number of aliphatic hydroxyl groups is 1. The standard InChI is InChI=1S/C12H11NO2/c1-12(15,8-14)10-4-5-11-9(7-10)3-2-6-13-11/h2-8,15H,1H3. The molecule has 0 aliphatic heterocycles. The van der Waals surface area contributed by atoms with Gasteiger partial charge in [0.1, 0.15) is 5.60 Å². The summed E-state index contributed by atoms with van der Waals surface area (Å²) in [5.41, 5.74) is 0.00488. The topological polar surface area (TPSA) is 50.2 Å². The summed E-state index contributed by atoms with van der Waals surface area (Å²) < 4.78 is 0. The molecule has 0 radical (unpaired) electrons. The predicted molar refractivity (Wildman–Crippen MR) is 57.4 cm³/mol. The van der Waals surface area contributed by atoms with Crippen LogP contribution in [0, 0.1) is 0 Å². The van der Waals surface area contributed by atoms with Gasteiger partial charge in [0.05, 0.1) is 5.52 Å². The summed E-state index contributed by atoms with van der Waals surface area (Å²) in [6.07, 6.45) is 2.24. The average molecular weight is 201 g/mol. The van der Waals surface area contributed by atoms with E-state index in [0.717, 1.165) is 10.9 Å². The van der Waals surface area contributed by atoms with E-state index in [1.165, 1.54) is 6.92 Å². The lowest BCUT2D eigenvalue weighted by atomic mass is 9.96. The van der Waals surface area contributed by atoms with Crippen LogP contribution in [0.5, 0.6) is 0 Å². The maximum Gasteiger partial charge on any atom is 0.155 e. The molecule has 1 aromatic carbocycles. The minimum Gasteiger partial charge on any atom is -0.378 e. The fraction of sp³-hybridized carbons (Fsp3) is 0.167. The number of pyridine rings is 1. The van der Waals surface area contributed by atoms with Crippen LogP contribution in [0.1, 0.15) is 12.5 Å². The van der Waals surface area contributed by atoms with Crippen LogP contribution in [0.3, 0.4) is 0 Å². The Bertz CT molecular complexity index is 506. The zero-order chi connectivity index (χ0) is 10.9. The van der Waals surface area contributed by atoms with Crippen LogP contribution in [0.25, 0.3) is 10.9 Å². The smallest absolute Gasteiger partial charge is 0.155 e. The van der Waals surface area contributed by atoms with E-state index in [1.807, 2.05) is 12.1 Å². The zero-order valence-corrected chi connectivity index (χ0v) is 8.34. The molecule has 3 heteroatoms. The molecule has 2 aromatic rings. The monoisotopic (exact) mass is 201 g/mol. The molecule has 2 rings (SSSR count). The molecular weight excluding hydrogens is 190 g/mol. The number of carbonyl (C=O) groups excluding carboxylic acids is 1. The summed E-state index contributed by atoms with van der Waals surface area (Å²) in [6.45, 7) is 1.47. The van der Waals surface area contributed by atoms with Crippen molar-refractivity contribution in [2.24, 2.45) is 0 Å². The van der Waals surface area contributed by atoms with Gasteiger partial charge < -0.3 is 5.11 Å². The molecule has 1 N–H and O–H groups in total. The predicted octanol–water partition coefficient (Wildman–Crippen LogP) is 1.64. The largest absolute Gasteiger partial charge is 0.378 e. The number of hydrogen-bond donors (Lipinski definition) is 1. The number of hydrogen-bond acceptors (Lipinski definition) is 3. The second kappa shape index (κ2) is 3.44. The van der Waals surface area contributed by atoms with E-state index in [9.17, 15) is 9.90 Å². The van der Waals surface area contributed by atoms with Crippen molar-refractivity contribution < 1.29 is 9.90 Å². The van der Waals surface area contributed by atoms with Gasteiger partial charge in [-0.1, -0.05) is 12.1 Å². The molecule has 0 spiro atoms. The van der Waals surface area contributed by atoms with Crippen LogP contribution in [0.4, 0.5) is 0 Å². The summed E-state index contributed by atoms with van der Waals surface area (Å²) in [7, 11) is 0. The van der Waals surface area contributed by atoms with Crippen molar-refractivity contribution in [2.45, 2.75) is 12.5 Å². The first-order valence-corrected chi connectivity index (χ1v) is 4.67. The van der Waals surface area contributed by atoms with Crippen molar-refractivity contribution in [3.63, 3.8) is 0 Å². The highest BCUT2D eigenvalue weighted by Gasteiger charge is 2.21. The van der Waals surface area contributed by atoms with Gasteiger partial charge in [0, 0.05) is 11.6 Å². The Kier molecular flexibility index (Phi) is 2.25. The van der Waals surface area contributed by atoms with E-state index in [0.29, 0.717) is 11.8 Å². The van der Waals surface area contributed by atoms with Crippen molar-refractivity contribution in [3.8, 4) is 0 Å². The Labute approximate surface area is 87.4 Å². The van der Waals surface area contributed by atoms with Gasteiger partial charge in [-0.2, -0.15) is 0 Å². The second-order valence-corrected chi connectivity index (χ2v) is 3.68. The third-order valence-corrected chi connectivity index (χ3v) is 2.42. The summed E-state index contributed by atoms with van der Waals surface area (Å²) in [4.78, 5) is 14.9. The molecule has 3 nitrogen and oxygen atoms in total. The molecule has 1 unspecified atom stereocenters. The molecule has 0 amide bonds. The number of aldehydes is 1. The van der Waals surface area contributed by atoms with Gasteiger partial charge in [0.25, 0.3) is 0 Å². The van der Waals surface area contributed by atoms with Crippen LogP contribution in [0.2, 0.25) is 0 Å². The Morgan fingerprint density at radius 2 is 2.20 bits per heavy atom. The second-order valence-electron chi connectivity index (χ2n) is 3.68. The summed E-state index contributed by atoms with van der Waals surface area (Å²) in [6, 6.07) is 9.00. The van der Waals surface area contributed by atoms with Crippen molar-refractivity contribution in [2.75, 3.05) is 0 Å². The van der Waals surface area contributed by atoms with Crippen LogP contribution >= 0.6 is 0 Å². The highest BCUT2D eigenvalue weighted by atomic mass is 16.3. The normalized spacial score (nSPS) is 14.8. The fourth-order valence-corrected chi connectivity index (χ4v) is 1.46. The quantitative estimate of drug-likeness (QED) is 0.751. The van der Waals surface area contributed by atoms with Crippen LogP contribution in [-0.2, 0) is 10.4 Å². The van der Waals surface area contributed by atoms with Gasteiger partial charge in [0.2, 0.25) is 0 Å². The SMILES string of the molecule is CC(O)(C=O)c1ccc2ncccc2c1. The summed E-state index contributed by atoms with van der Waals surface area (Å²) in [5.74, 6) is 0. The van der Waals surface area contributed by atoms with Crippen molar-refractivity contribution in [3.05, 3.63) is 42.1 Å². The maximum atomic E-state index is 10.7. The zero-order valence-electron chi connectivity index (χ0n) is 8.34. The molecule has 0 saturated carbocycles. The number of carbonyl (C=O) groups is 1. The van der Waals surface area contributed by atoms with Gasteiger partial charge in [-0.3, -0.25) is 9.78 Å². The van der Waals surface area contributed by atoms with E-state index in [1.54, 1.807) is 24.4 Å². The third kappa shape index (κ3) is 1.74. The van der Waals surface area contributed by atoms with Crippen molar-refractivity contribution in [1.29, 1.82) is 0 Å². The molecule has 1 atom stereocenters.